The first kappa shape index (κ1) is 22.6. The van der Waals surface area contributed by atoms with E-state index in [1.165, 1.54) is 18.2 Å². The molecule has 150 valence electrons. The van der Waals surface area contributed by atoms with Crippen LogP contribution in [0.15, 0.2) is 60.7 Å². The molecule has 0 heterocycles. The maximum absolute atomic E-state index is 12.0. The number of benzene rings is 2. The van der Waals surface area contributed by atoms with E-state index >= 15 is 0 Å². The van der Waals surface area contributed by atoms with Gasteiger partial charge in [-0.15, -0.1) is 0 Å². The second kappa shape index (κ2) is 13.5. The van der Waals surface area contributed by atoms with E-state index < -0.39 is 5.97 Å². The Labute approximate surface area is 176 Å². The minimum absolute atomic E-state index is 0.0332. The third-order valence-corrected chi connectivity index (χ3v) is 6.84. The fourth-order valence-electron chi connectivity index (χ4n) is 2.72. The van der Waals surface area contributed by atoms with Crippen LogP contribution >= 0.6 is 23.5 Å². The highest BCUT2D eigenvalue weighted by Gasteiger charge is 2.15. The van der Waals surface area contributed by atoms with Gasteiger partial charge in [0.15, 0.2) is 0 Å². The van der Waals surface area contributed by atoms with Crippen molar-refractivity contribution in [3.8, 4) is 0 Å². The molecule has 0 spiro atoms. The molecule has 0 N–H and O–H groups in total. The van der Waals surface area contributed by atoms with E-state index in [9.17, 15) is 9.59 Å². The summed E-state index contributed by atoms with van der Waals surface area (Å²) >= 11 is 3.84. The van der Waals surface area contributed by atoms with Crippen molar-refractivity contribution in [2.24, 2.45) is 0 Å². The molecule has 0 fully saturated rings. The van der Waals surface area contributed by atoms with Gasteiger partial charge in [0.1, 0.15) is 12.2 Å². The Hall–Kier alpha value is -1.72. The molecule has 1 atom stereocenters. The number of ether oxygens (including phenoxy) is 1. The maximum atomic E-state index is 12.0. The highest BCUT2D eigenvalue weighted by atomic mass is 32.2. The third-order valence-electron chi connectivity index (χ3n) is 4.34. The summed E-state index contributed by atoms with van der Waals surface area (Å²) in [6.45, 7) is 0. The molecule has 0 amide bonds. The molecule has 2 rings (SSSR count). The van der Waals surface area contributed by atoms with Crippen molar-refractivity contribution in [1.29, 1.82) is 0 Å². The molecule has 2 aromatic carbocycles. The van der Waals surface area contributed by atoms with E-state index in [0.29, 0.717) is 11.7 Å². The fourth-order valence-corrected chi connectivity index (χ4v) is 5.08. The van der Waals surface area contributed by atoms with Crippen LogP contribution in [-0.4, -0.2) is 29.9 Å². The molecule has 0 bridgehead atoms. The maximum Gasteiger partial charge on any atom is 0.313 e. The van der Waals surface area contributed by atoms with Crippen LogP contribution in [0, 0.1) is 0 Å². The number of hydrogen-bond donors (Lipinski definition) is 0. The molecule has 0 saturated carbocycles. The highest BCUT2D eigenvalue weighted by Crippen LogP contribution is 2.26. The summed E-state index contributed by atoms with van der Waals surface area (Å²) in [7, 11) is 1.32. The van der Waals surface area contributed by atoms with E-state index in [0.717, 1.165) is 30.1 Å². The standard InChI is InChI=1S/C23H28O3S2/c1-26-23(25)16-21(24)12-13-22(28-18-20-10-6-3-7-11-20)14-15-27-17-19-8-4-2-5-9-19/h2-11,22H,12-18H2,1H3. The predicted molar refractivity (Wildman–Crippen MR) is 120 cm³/mol. The lowest BCUT2D eigenvalue weighted by Crippen LogP contribution is -2.13. The number of esters is 1. The van der Waals surface area contributed by atoms with Crippen molar-refractivity contribution in [3.05, 3.63) is 71.8 Å². The number of ketones is 1. The van der Waals surface area contributed by atoms with E-state index in [4.69, 9.17) is 0 Å². The lowest BCUT2D eigenvalue weighted by atomic mass is 10.1. The van der Waals surface area contributed by atoms with Gasteiger partial charge in [0.2, 0.25) is 0 Å². The molecule has 0 aliphatic rings. The number of rotatable bonds is 13. The lowest BCUT2D eigenvalue weighted by Gasteiger charge is -2.16. The topological polar surface area (TPSA) is 43.4 Å². The quantitative estimate of drug-likeness (QED) is 0.244. The summed E-state index contributed by atoms with van der Waals surface area (Å²) in [5.74, 6) is 2.54. The van der Waals surface area contributed by atoms with E-state index in [1.54, 1.807) is 0 Å². The lowest BCUT2D eigenvalue weighted by molar-refractivity contribution is -0.143. The van der Waals surface area contributed by atoms with E-state index in [1.807, 2.05) is 35.7 Å². The highest BCUT2D eigenvalue weighted by molar-refractivity contribution is 7.99. The van der Waals surface area contributed by atoms with Crippen molar-refractivity contribution < 1.29 is 14.3 Å². The van der Waals surface area contributed by atoms with Gasteiger partial charge in [0.25, 0.3) is 0 Å². The number of hydrogen-bond acceptors (Lipinski definition) is 5. The van der Waals surface area contributed by atoms with Crippen LogP contribution in [0.5, 0.6) is 0 Å². The molecule has 2 aromatic rings. The van der Waals surface area contributed by atoms with Crippen molar-refractivity contribution in [2.45, 2.75) is 42.4 Å². The number of carbonyl (C=O) groups is 2. The molecular formula is C23H28O3S2. The van der Waals surface area contributed by atoms with Crippen molar-refractivity contribution >= 4 is 35.3 Å². The Kier molecular flexibility index (Phi) is 10.8. The molecule has 0 aliphatic carbocycles. The third kappa shape index (κ3) is 9.47. The summed E-state index contributed by atoms with van der Waals surface area (Å²) < 4.78 is 4.59. The first-order chi connectivity index (χ1) is 13.7. The second-order valence-electron chi connectivity index (χ2n) is 6.58. The normalized spacial score (nSPS) is 11.8. The average molecular weight is 417 g/mol. The van der Waals surface area contributed by atoms with Gasteiger partial charge in [-0.2, -0.15) is 23.5 Å². The molecule has 28 heavy (non-hydrogen) atoms. The molecule has 5 heteroatoms. The molecule has 1 unspecified atom stereocenters. The first-order valence-electron chi connectivity index (χ1n) is 9.53. The van der Waals surface area contributed by atoms with E-state index in [-0.39, 0.29) is 12.2 Å². The first-order valence-corrected chi connectivity index (χ1v) is 11.7. The van der Waals surface area contributed by atoms with Crippen molar-refractivity contribution in [3.63, 3.8) is 0 Å². The zero-order chi connectivity index (χ0) is 20.0. The summed E-state index contributed by atoms with van der Waals surface area (Å²) in [6, 6.07) is 20.9. The van der Waals surface area contributed by atoms with Gasteiger partial charge < -0.3 is 4.74 Å². The van der Waals surface area contributed by atoms with Gasteiger partial charge in [-0.25, -0.2) is 0 Å². The number of carbonyl (C=O) groups excluding carboxylic acids is 2. The molecule has 0 aliphatic heterocycles. The van der Waals surface area contributed by atoms with Crippen LogP contribution in [0.1, 0.15) is 36.8 Å². The Morgan fingerprint density at radius 1 is 0.893 bits per heavy atom. The fraction of sp³-hybridized carbons (Fsp3) is 0.391. The van der Waals surface area contributed by atoms with Gasteiger partial charge in [-0.05, 0) is 29.7 Å². The Bertz CT molecular complexity index is 704. The van der Waals surface area contributed by atoms with E-state index in [2.05, 4.69) is 53.3 Å². The zero-order valence-corrected chi connectivity index (χ0v) is 18.0. The summed E-state index contributed by atoms with van der Waals surface area (Å²) in [5.41, 5.74) is 2.64. The largest absolute Gasteiger partial charge is 0.469 e. The average Bonchev–Trinajstić information content (AvgIpc) is 2.73. The summed E-state index contributed by atoms with van der Waals surface area (Å²) in [5, 5.41) is 0.407. The monoisotopic (exact) mass is 416 g/mol. The van der Waals surface area contributed by atoms with Crippen LogP contribution in [0.2, 0.25) is 0 Å². The second-order valence-corrected chi connectivity index (χ2v) is 8.97. The van der Waals surface area contributed by atoms with Crippen molar-refractivity contribution in [1.82, 2.24) is 0 Å². The molecule has 0 aromatic heterocycles. The van der Waals surface area contributed by atoms with Crippen LogP contribution in [0.3, 0.4) is 0 Å². The van der Waals surface area contributed by atoms with Crippen LogP contribution in [-0.2, 0) is 25.8 Å². The number of methoxy groups -OCH3 is 1. The van der Waals surface area contributed by atoms with Gasteiger partial charge in [-0.1, -0.05) is 60.7 Å². The van der Waals surface area contributed by atoms with Gasteiger partial charge in [0.05, 0.1) is 7.11 Å². The Balaban J connectivity index is 1.78. The Morgan fingerprint density at radius 2 is 1.50 bits per heavy atom. The van der Waals surface area contributed by atoms with Crippen LogP contribution < -0.4 is 0 Å². The zero-order valence-electron chi connectivity index (χ0n) is 16.3. The van der Waals surface area contributed by atoms with Crippen LogP contribution in [0.25, 0.3) is 0 Å². The minimum atomic E-state index is -0.447. The summed E-state index contributed by atoms with van der Waals surface area (Å²) in [6.07, 6.45) is 2.18. The predicted octanol–water partition coefficient (Wildman–Crippen LogP) is 5.52. The minimum Gasteiger partial charge on any atom is -0.469 e. The number of thioether (sulfide) groups is 2. The smallest absolute Gasteiger partial charge is 0.313 e. The number of Topliss-reactive ketones (excluding diaryl/α,β-unsaturated/α-hetero) is 1. The SMILES string of the molecule is COC(=O)CC(=O)CCC(CCSCc1ccccc1)SCc1ccccc1. The summed E-state index contributed by atoms with van der Waals surface area (Å²) in [4.78, 5) is 23.3. The van der Waals surface area contributed by atoms with Crippen LogP contribution in [0.4, 0.5) is 0 Å². The van der Waals surface area contributed by atoms with Gasteiger partial charge in [-0.3, -0.25) is 9.59 Å². The molecule has 3 nitrogen and oxygen atoms in total. The Morgan fingerprint density at radius 3 is 2.11 bits per heavy atom. The van der Waals surface area contributed by atoms with Gasteiger partial charge >= 0.3 is 5.97 Å². The molecule has 0 saturated heterocycles. The van der Waals surface area contributed by atoms with Gasteiger partial charge in [0, 0.05) is 23.2 Å². The molecular weight excluding hydrogens is 388 g/mol. The molecule has 0 radical (unpaired) electrons. The van der Waals surface area contributed by atoms with Crippen molar-refractivity contribution in [2.75, 3.05) is 12.9 Å².